The Morgan fingerprint density at radius 2 is 1.78 bits per heavy atom. The van der Waals surface area contributed by atoms with Gasteiger partial charge in [-0.1, -0.05) is 60.7 Å². The zero-order valence-corrected chi connectivity index (χ0v) is 18.3. The van der Waals surface area contributed by atoms with E-state index in [0.717, 1.165) is 34.2 Å². The standard InChI is InChI=1S/C26H24N2O3S/c29-26(28-30)22-12-10-19(11-13-22)15-20(16-27-17-23-7-4-14-32-23)18-31-25-9-3-6-21-5-1-2-8-24(21)25/h1-15,27,30H,16-18H2,(H,28,29). The lowest BCUT2D eigenvalue weighted by molar-refractivity contribution is 0.0706. The third-order valence-corrected chi connectivity index (χ3v) is 5.92. The number of hydrogen-bond acceptors (Lipinski definition) is 5. The Morgan fingerprint density at radius 3 is 2.56 bits per heavy atom. The van der Waals surface area contributed by atoms with Gasteiger partial charge in [-0.3, -0.25) is 10.0 Å². The van der Waals surface area contributed by atoms with Crippen molar-refractivity contribution in [3.8, 4) is 5.75 Å². The second kappa shape index (κ2) is 10.7. The van der Waals surface area contributed by atoms with Gasteiger partial charge >= 0.3 is 0 Å². The predicted molar refractivity (Wildman–Crippen MR) is 129 cm³/mol. The Kier molecular flexibility index (Phi) is 7.30. The topological polar surface area (TPSA) is 70.6 Å². The molecule has 6 heteroatoms. The molecule has 0 unspecified atom stereocenters. The minimum atomic E-state index is -0.530. The molecule has 1 aromatic heterocycles. The van der Waals surface area contributed by atoms with Crippen LogP contribution in [0, 0.1) is 0 Å². The molecule has 4 rings (SSSR count). The summed E-state index contributed by atoms with van der Waals surface area (Å²) in [6.45, 7) is 1.89. The van der Waals surface area contributed by atoms with Gasteiger partial charge in [0.05, 0.1) is 0 Å². The first-order chi connectivity index (χ1) is 15.7. The summed E-state index contributed by atoms with van der Waals surface area (Å²) in [6, 6.07) is 25.5. The molecule has 162 valence electrons. The first-order valence-electron chi connectivity index (χ1n) is 10.3. The number of nitrogens with one attached hydrogen (secondary N) is 2. The molecule has 0 bridgehead atoms. The van der Waals surface area contributed by atoms with E-state index >= 15 is 0 Å². The lowest BCUT2D eigenvalue weighted by Crippen LogP contribution is -2.19. The molecule has 0 aliphatic heterocycles. The van der Waals surface area contributed by atoms with Crippen molar-refractivity contribution < 1.29 is 14.7 Å². The maximum absolute atomic E-state index is 11.6. The van der Waals surface area contributed by atoms with E-state index in [9.17, 15) is 4.79 Å². The zero-order chi connectivity index (χ0) is 22.2. The van der Waals surface area contributed by atoms with Crippen LogP contribution in [-0.2, 0) is 6.54 Å². The molecule has 1 heterocycles. The van der Waals surface area contributed by atoms with E-state index in [1.54, 1.807) is 28.9 Å². The summed E-state index contributed by atoms with van der Waals surface area (Å²) in [6.07, 6.45) is 2.06. The number of amides is 1. The average Bonchev–Trinajstić information content (AvgIpc) is 3.36. The Morgan fingerprint density at radius 1 is 0.969 bits per heavy atom. The molecule has 0 fully saturated rings. The van der Waals surface area contributed by atoms with Gasteiger partial charge in [0.15, 0.2) is 0 Å². The normalized spacial score (nSPS) is 11.5. The van der Waals surface area contributed by atoms with Gasteiger partial charge in [-0.15, -0.1) is 11.3 Å². The molecule has 0 saturated heterocycles. The van der Waals surface area contributed by atoms with Crippen LogP contribution in [-0.4, -0.2) is 24.3 Å². The van der Waals surface area contributed by atoms with Gasteiger partial charge in [0.1, 0.15) is 12.4 Å². The highest BCUT2D eigenvalue weighted by Crippen LogP contribution is 2.25. The van der Waals surface area contributed by atoms with E-state index < -0.39 is 5.91 Å². The fraction of sp³-hybridized carbons (Fsp3) is 0.115. The lowest BCUT2D eigenvalue weighted by atomic mass is 10.1. The number of ether oxygens (including phenoxy) is 1. The third kappa shape index (κ3) is 5.62. The highest BCUT2D eigenvalue weighted by Gasteiger charge is 2.06. The fourth-order valence-electron chi connectivity index (χ4n) is 3.43. The molecular formula is C26H24N2O3S. The highest BCUT2D eigenvalue weighted by atomic mass is 32.1. The maximum atomic E-state index is 11.6. The SMILES string of the molecule is O=C(NO)c1ccc(C=C(CNCc2cccs2)COc2cccc3ccccc23)cc1. The summed E-state index contributed by atoms with van der Waals surface area (Å²) >= 11 is 1.73. The number of hydroxylamine groups is 1. The molecule has 0 atom stereocenters. The van der Waals surface area contributed by atoms with E-state index in [4.69, 9.17) is 9.94 Å². The average molecular weight is 445 g/mol. The van der Waals surface area contributed by atoms with Gasteiger partial charge in [0, 0.05) is 28.9 Å². The second-order valence-corrected chi connectivity index (χ2v) is 8.35. The van der Waals surface area contributed by atoms with Crippen molar-refractivity contribution in [3.63, 3.8) is 0 Å². The number of carbonyl (C=O) groups excluding carboxylic acids is 1. The summed E-state index contributed by atoms with van der Waals surface area (Å²) in [7, 11) is 0. The molecule has 0 aliphatic rings. The molecule has 0 spiro atoms. The molecule has 3 N–H and O–H groups in total. The van der Waals surface area contributed by atoms with Gasteiger partial charge in [0.2, 0.25) is 0 Å². The van der Waals surface area contributed by atoms with E-state index in [0.29, 0.717) is 18.7 Å². The Hall–Kier alpha value is -3.45. The van der Waals surface area contributed by atoms with Crippen molar-refractivity contribution in [1.82, 2.24) is 10.8 Å². The van der Waals surface area contributed by atoms with Crippen LogP contribution in [0.4, 0.5) is 0 Å². The first kappa shape index (κ1) is 21.8. The Balaban J connectivity index is 1.51. The molecule has 32 heavy (non-hydrogen) atoms. The van der Waals surface area contributed by atoms with Crippen molar-refractivity contribution in [2.75, 3.05) is 13.2 Å². The zero-order valence-electron chi connectivity index (χ0n) is 17.5. The van der Waals surface area contributed by atoms with Gasteiger partial charge < -0.3 is 10.1 Å². The van der Waals surface area contributed by atoms with Gasteiger partial charge in [-0.05, 0) is 46.2 Å². The van der Waals surface area contributed by atoms with Crippen molar-refractivity contribution in [1.29, 1.82) is 0 Å². The number of benzene rings is 3. The van der Waals surface area contributed by atoms with E-state index in [-0.39, 0.29) is 0 Å². The molecular weight excluding hydrogens is 420 g/mol. The van der Waals surface area contributed by atoms with Crippen molar-refractivity contribution in [2.45, 2.75) is 6.54 Å². The van der Waals surface area contributed by atoms with Crippen LogP contribution in [0.15, 0.2) is 89.8 Å². The number of carbonyl (C=O) groups is 1. The number of thiophene rings is 1. The summed E-state index contributed by atoms with van der Waals surface area (Å²) in [5, 5.41) is 16.6. The minimum absolute atomic E-state index is 0.397. The number of rotatable bonds is 9. The maximum Gasteiger partial charge on any atom is 0.274 e. The van der Waals surface area contributed by atoms with Crippen LogP contribution in [0.5, 0.6) is 5.75 Å². The summed E-state index contributed by atoms with van der Waals surface area (Å²) < 4.78 is 6.22. The number of hydrogen-bond donors (Lipinski definition) is 3. The molecule has 5 nitrogen and oxygen atoms in total. The second-order valence-electron chi connectivity index (χ2n) is 7.31. The highest BCUT2D eigenvalue weighted by molar-refractivity contribution is 7.09. The van der Waals surface area contributed by atoms with Gasteiger partial charge in [-0.25, -0.2) is 5.48 Å². The van der Waals surface area contributed by atoms with Crippen LogP contribution >= 0.6 is 11.3 Å². The molecule has 4 aromatic rings. The summed E-state index contributed by atoms with van der Waals surface area (Å²) in [5.41, 5.74) is 4.08. The van der Waals surface area contributed by atoms with Crippen LogP contribution in [0.2, 0.25) is 0 Å². The summed E-state index contributed by atoms with van der Waals surface area (Å²) in [5.74, 6) is 0.319. The molecule has 0 aliphatic carbocycles. The monoisotopic (exact) mass is 444 g/mol. The summed E-state index contributed by atoms with van der Waals surface area (Å²) in [4.78, 5) is 12.8. The van der Waals surface area contributed by atoms with Gasteiger partial charge in [0.25, 0.3) is 5.91 Å². The molecule has 0 saturated carbocycles. The Bertz CT molecular complexity index is 1200. The van der Waals surface area contributed by atoms with Crippen LogP contribution in [0.25, 0.3) is 16.8 Å². The smallest absolute Gasteiger partial charge is 0.274 e. The van der Waals surface area contributed by atoms with E-state index in [1.807, 2.05) is 42.5 Å². The van der Waals surface area contributed by atoms with Crippen LogP contribution in [0.3, 0.4) is 0 Å². The quantitative estimate of drug-likeness (QED) is 0.243. The number of fused-ring (bicyclic) bond motifs is 1. The molecule has 3 aromatic carbocycles. The largest absolute Gasteiger partial charge is 0.489 e. The van der Waals surface area contributed by atoms with Crippen LogP contribution < -0.4 is 15.5 Å². The van der Waals surface area contributed by atoms with E-state index in [2.05, 4.69) is 41.0 Å². The molecule has 1 amide bonds. The first-order valence-corrected chi connectivity index (χ1v) is 11.2. The fourth-order valence-corrected chi connectivity index (χ4v) is 4.10. The molecule has 0 radical (unpaired) electrons. The van der Waals surface area contributed by atoms with Gasteiger partial charge in [-0.2, -0.15) is 0 Å². The van der Waals surface area contributed by atoms with Crippen molar-refractivity contribution in [3.05, 3.63) is 106 Å². The third-order valence-electron chi connectivity index (χ3n) is 5.04. The lowest BCUT2D eigenvalue weighted by Gasteiger charge is -2.13. The Labute approximate surface area is 190 Å². The predicted octanol–water partition coefficient (Wildman–Crippen LogP) is 5.27. The van der Waals surface area contributed by atoms with Crippen LogP contribution in [0.1, 0.15) is 20.8 Å². The van der Waals surface area contributed by atoms with Crippen molar-refractivity contribution in [2.24, 2.45) is 0 Å². The van der Waals surface area contributed by atoms with E-state index in [1.165, 1.54) is 4.88 Å². The van der Waals surface area contributed by atoms with Crippen molar-refractivity contribution >= 4 is 34.1 Å². The minimum Gasteiger partial charge on any atom is -0.489 e.